The lowest BCUT2D eigenvalue weighted by molar-refractivity contribution is -0.142. The molecule has 0 aliphatic heterocycles. The molecule has 3 aromatic carbocycles. The molecule has 3 nitrogen and oxygen atoms in total. The van der Waals surface area contributed by atoms with Crippen molar-refractivity contribution >= 4 is 11.7 Å². The normalized spacial score (nSPS) is 11.2. The number of nitrogens with zero attached hydrogens (tertiary/aromatic N) is 1. The molecule has 0 aliphatic carbocycles. The Morgan fingerprint density at radius 3 is 1.78 bits per heavy atom. The van der Waals surface area contributed by atoms with Crippen LogP contribution in [0.5, 0.6) is 0 Å². The summed E-state index contributed by atoms with van der Waals surface area (Å²) in [5.74, 6) is -0.822. The largest absolute Gasteiger partial charge is 0.480 e. The summed E-state index contributed by atoms with van der Waals surface area (Å²) in [6.45, 7) is 2.68. The Hall–Kier alpha value is -3.07. The molecule has 0 fully saturated rings. The second-order valence-corrected chi connectivity index (χ2v) is 6.95. The summed E-state index contributed by atoms with van der Waals surface area (Å²) >= 11 is 0. The maximum absolute atomic E-state index is 12.6. The van der Waals surface area contributed by atoms with Crippen LogP contribution in [0.3, 0.4) is 0 Å². The Kier molecular flexibility index (Phi) is 5.60. The molecular formula is C24H25NO2. The van der Waals surface area contributed by atoms with E-state index in [1.807, 2.05) is 67.7 Å². The Morgan fingerprint density at radius 1 is 0.852 bits per heavy atom. The van der Waals surface area contributed by atoms with Gasteiger partial charge in [-0.2, -0.15) is 0 Å². The van der Waals surface area contributed by atoms with Crippen LogP contribution in [0.2, 0.25) is 0 Å². The maximum Gasteiger partial charge on any atom is 0.318 e. The van der Waals surface area contributed by atoms with Gasteiger partial charge in [0.25, 0.3) is 0 Å². The van der Waals surface area contributed by atoms with Crippen LogP contribution < -0.4 is 4.90 Å². The van der Waals surface area contributed by atoms with Crippen LogP contribution in [-0.2, 0) is 10.2 Å². The summed E-state index contributed by atoms with van der Waals surface area (Å²) in [4.78, 5) is 14.7. The highest BCUT2D eigenvalue weighted by Gasteiger charge is 2.42. The minimum absolute atomic E-state index is 0.473. The lowest BCUT2D eigenvalue weighted by Gasteiger charge is -2.33. The molecule has 0 spiro atoms. The van der Waals surface area contributed by atoms with Crippen LogP contribution in [-0.4, -0.2) is 24.7 Å². The SMILES string of the molecule is Cc1ccc(N(C)CCC(C(=O)O)(c2ccccc2)c2ccccc2)cc1. The third kappa shape index (κ3) is 3.87. The van der Waals surface area contributed by atoms with E-state index in [9.17, 15) is 9.90 Å². The van der Waals surface area contributed by atoms with Gasteiger partial charge in [0.15, 0.2) is 0 Å². The predicted molar refractivity (Wildman–Crippen MR) is 110 cm³/mol. The molecular weight excluding hydrogens is 334 g/mol. The summed E-state index contributed by atoms with van der Waals surface area (Å²) in [5.41, 5.74) is 2.82. The quantitative estimate of drug-likeness (QED) is 0.653. The average Bonchev–Trinajstić information content (AvgIpc) is 2.70. The van der Waals surface area contributed by atoms with Gasteiger partial charge in [-0.25, -0.2) is 0 Å². The molecule has 138 valence electrons. The fourth-order valence-corrected chi connectivity index (χ4v) is 3.52. The first-order valence-electron chi connectivity index (χ1n) is 9.16. The van der Waals surface area contributed by atoms with Gasteiger partial charge in [-0.15, -0.1) is 0 Å². The number of rotatable bonds is 7. The molecule has 3 aromatic rings. The van der Waals surface area contributed by atoms with Gasteiger partial charge in [0.2, 0.25) is 0 Å². The topological polar surface area (TPSA) is 40.5 Å². The van der Waals surface area contributed by atoms with Gasteiger partial charge in [0.1, 0.15) is 5.41 Å². The maximum atomic E-state index is 12.6. The lowest BCUT2D eigenvalue weighted by atomic mass is 9.72. The molecule has 0 saturated carbocycles. The molecule has 1 N–H and O–H groups in total. The van der Waals surface area contributed by atoms with Crippen molar-refractivity contribution < 1.29 is 9.90 Å². The predicted octanol–water partition coefficient (Wildman–Crippen LogP) is 4.89. The van der Waals surface area contributed by atoms with Gasteiger partial charge < -0.3 is 10.0 Å². The van der Waals surface area contributed by atoms with Gasteiger partial charge in [-0.3, -0.25) is 4.79 Å². The Bertz CT molecular complexity index is 834. The first kappa shape index (κ1) is 18.7. The lowest BCUT2D eigenvalue weighted by Crippen LogP contribution is -2.40. The molecule has 0 aromatic heterocycles. The molecule has 0 aliphatic rings. The number of anilines is 1. The van der Waals surface area contributed by atoms with E-state index in [1.54, 1.807) is 0 Å². The molecule has 0 bridgehead atoms. The fourth-order valence-electron chi connectivity index (χ4n) is 3.52. The van der Waals surface area contributed by atoms with Gasteiger partial charge in [-0.1, -0.05) is 78.4 Å². The van der Waals surface area contributed by atoms with Gasteiger partial charge in [0, 0.05) is 19.3 Å². The van der Waals surface area contributed by atoms with E-state index in [1.165, 1.54) is 5.56 Å². The number of carbonyl (C=O) groups is 1. The monoisotopic (exact) mass is 359 g/mol. The minimum atomic E-state index is -1.08. The highest BCUT2D eigenvalue weighted by atomic mass is 16.4. The van der Waals surface area contributed by atoms with E-state index in [4.69, 9.17) is 0 Å². The summed E-state index contributed by atoms with van der Waals surface area (Å²) < 4.78 is 0. The van der Waals surface area contributed by atoms with Crippen molar-refractivity contribution in [2.45, 2.75) is 18.8 Å². The van der Waals surface area contributed by atoms with Crippen LogP contribution >= 0.6 is 0 Å². The van der Waals surface area contributed by atoms with Crippen LogP contribution in [0.25, 0.3) is 0 Å². The van der Waals surface area contributed by atoms with E-state index in [2.05, 4.69) is 36.1 Å². The van der Waals surface area contributed by atoms with E-state index in [-0.39, 0.29) is 0 Å². The zero-order valence-corrected chi connectivity index (χ0v) is 15.8. The van der Waals surface area contributed by atoms with Crippen molar-refractivity contribution in [3.8, 4) is 0 Å². The minimum Gasteiger partial charge on any atom is -0.480 e. The first-order chi connectivity index (χ1) is 13.0. The first-order valence-corrected chi connectivity index (χ1v) is 9.16. The highest BCUT2D eigenvalue weighted by Crippen LogP contribution is 2.36. The number of aryl methyl sites for hydroxylation is 1. The van der Waals surface area contributed by atoms with Crippen LogP contribution in [0, 0.1) is 6.92 Å². The van der Waals surface area contributed by atoms with E-state index >= 15 is 0 Å². The smallest absolute Gasteiger partial charge is 0.318 e. The van der Waals surface area contributed by atoms with E-state index in [0.717, 1.165) is 16.8 Å². The standard InChI is InChI=1S/C24H25NO2/c1-19-13-15-22(16-14-19)25(2)18-17-24(23(26)27,20-9-5-3-6-10-20)21-11-7-4-8-12-21/h3-16H,17-18H2,1-2H3,(H,26,27). The van der Waals surface area contributed by atoms with Crippen molar-refractivity contribution in [3.05, 3.63) is 102 Å². The molecule has 0 saturated heterocycles. The molecule has 0 heterocycles. The highest BCUT2D eigenvalue weighted by molar-refractivity contribution is 5.86. The van der Waals surface area contributed by atoms with Crippen LogP contribution in [0.15, 0.2) is 84.9 Å². The zero-order chi connectivity index (χ0) is 19.3. The number of carboxylic acids is 1. The molecule has 0 atom stereocenters. The van der Waals surface area contributed by atoms with Crippen molar-refractivity contribution in [1.29, 1.82) is 0 Å². The number of hydrogen-bond acceptors (Lipinski definition) is 2. The molecule has 0 radical (unpaired) electrons. The van der Waals surface area contributed by atoms with Crippen molar-refractivity contribution in [3.63, 3.8) is 0 Å². The summed E-state index contributed by atoms with van der Waals surface area (Å²) in [6, 6.07) is 27.4. The second kappa shape index (κ2) is 8.09. The molecule has 0 unspecified atom stereocenters. The molecule has 27 heavy (non-hydrogen) atoms. The Morgan fingerprint density at radius 2 is 1.33 bits per heavy atom. The molecule has 3 rings (SSSR count). The summed E-state index contributed by atoms with van der Waals surface area (Å²) in [6.07, 6.45) is 0.473. The fraction of sp³-hybridized carbons (Fsp3) is 0.208. The van der Waals surface area contributed by atoms with Crippen LogP contribution in [0.4, 0.5) is 5.69 Å². The average molecular weight is 359 g/mol. The second-order valence-electron chi connectivity index (χ2n) is 6.95. The summed E-state index contributed by atoms with van der Waals surface area (Å²) in [5, 5.41) is 10.3. The summed E-state index contributed by atoms with van der Waals surface area (Å²) in [7, 11) is 2.01. The molecule has 0 amide bonds. The van der Waals surface area contributed by atoms with Gasteiger partial charge in [0.05, 0.1) is 0 Å². The molecule has 3 heteroatoms. The number of carboxylic acid groups (broad SMARTS) is 1. The number of aliphatic carboxylic acids is 1. The third-order valence-corrected chi connectivity index (χ3v) is 5.20. The Labute approximate surface area is 160 Å². The van der Waals surface area contributed by atoms with Crippen molar-refractivity contribution in [2.75, 3.05) is 18.5 Å². The Balaban J connectivity index is 1.97. The van der Waals surface area contributed by atoms with E-state index in [0.29, 0.717) is 13.0 Å². The van der Waals surface area contributed by atoms with Gasteiger partial charge in [-0.05, 0) is 36.6 Å². The van der Waals surface area contributed by atoms with Crippen LogP contribution in [0.1, 0.15) is 23.1 Å². The van der Waals surface area contributed by atoms with E-state index < -0.39 is 11.4 Å². The zero-order valence-electron chi connectivity index (χ0n) is 15.8. The van der Waals surface area contributed by atoms with Crippen molar-refractivity contribution in [2.24, 2.45) is 0 Å². The number of benzene rings is 3. The number of hydrogen-bond donors (Lipinski definition) is 1. The van der Waals surface area contributed by atoms with Crippen molar-refractivity contribution in [1.82, 2.24) is 0 Å². The van der Waals surface area contributed by atoms with Gasteiger partial charge >= 0.3 is 5.97 Å². The third-order valence-electron chi connectivity index (χ3n) is 5.20.